The van der Waals surface area contributed by atoms with Crippen molar-refractivity contribution >= 4 is 11.4 Å². The lowest BCUT2D eigenvalue weighted by molar-refractivity contribution is -0.0439. The molecule has 4 nitrogen and oxygen atoms in total. The average molecular weight is 351 g/mol. The van der Waals surface area contributed by atoms with Crippen molar-refractivity contribution in [2.24, 2.45) is 0 Å². The number of anilines is 2. The molecule has 1 heterocycles. The van der Waals surface area contributed by atoms with E-state index >= 15 is 0 Å². The maximum atomic E-state index is 13.3. The van der Waals surface area contributed by atoms with Crippen molar-refractivity contribution in [1.29, 1.82) is 0 Å². The number of nitrogens with zero attached hydrogens (tertiary/aromatic N) is 2. The van der Waals surface area contributed by atoms with E-state index in [0.717, 1.165) is 35.6 Å². The van der Waals surface area contributed by atoms with Crippen molar-refractivity contribution in [3.05, 3.63) is 71.8 Å². The number of benzene rings is 2. The van der Waals surface area contributed by atoms with Gasteiger partial charge in [0, 0.05) is 5.69 Å². The van der Waals surface area contributed by atoms with Crippen LogP contribution in [0.4, 0.5) is 15.8 Å². The zero-order chi connectivity index (χ0) is 18.1. The molecule has 0 saturated heterocycles. The van der Waals surface area contributed by atoms with E-state index in [4.69, 9.17) is 0 Å². The summed E-state index contributed by atoms with van der Waals surface area (Å²) in [4.78, 5) is 0. The summed E-state index contributed by atoms with van der Waals surface area (Å²) in [7, 11) is 0. The van der Waals surface area contributed by atoms with Gasteiger partial charge in [-0.05, 0) is 67.6 Å². The second kappa shape index (κ2) is 6.57. The van der Waals surface area contributed by atoms with Crippen molar-refractivity contribution in [2.75, 3.05) is 5.32 Å². The molecule has 2 N–H and O–H groups in total. The first-order valence-corrected chi connectivity index (χ1v) is 9.02. The average Bonchev–Trinajstić information content (AvgIpc) is 3.05. The van der Waals surface area contributed by atoms with Crippen LogP contribution in [0.3, 0.4) is 0 Å². The molecule has 4 rings (SSSR count). The molecule has 26 heavy (non-hydrogen) atoms. The lowest BCUT2D eigenvalue weighted by Gasteiger charge is -2.37. The zero-order valence-electron chi connectivity index (χ0n) is 14.7. The van der Waals surface area contributed by atoms with Gasteiger partial charge in [0.25, 0.3) is 0 Å². The molecule has 1 fully saturated rings. The van der Waals surface area contributed by atoms with Gasteiger partial charge in [-0.3, -0.25) is 0 Å². The van der Waals surface area contributed by atoms with E-state index in [-0.39, 0.29) is 5.82 Å². The summed E-state index contributed by atoms with van der Waals surface area (Å²) in [6.45, 7) is 2.12. The summed E-state index contributed by atoms with van der Waals surface area (Å²) >= 11 is 0. The molecule has 0 radical (unpaired) electrons. The molecule has 1 aliphatic rings. The minimum atomic E-state index is -0.906. The molecule has 0 amide bonds. The third kappa shape index (κ3) is 2.99. The van der Waals surface area contributed by atoms with Gasteiger partial charge in [-0.1, -0.05) is 19.1 Å². The van der Waals surface area contributed by atoms with Crippen LogP contribution in [0.15, 0.2) is 54.7 Å². The molecule has 3 aromatic rings. The van der Waals surface area contributed by atoms with Gasteiger partial charge in [-0.2, -0.15) is 5.10 Å². The number of hydrogen-bond acceptors (Lipinski definition) is 3. The molecule has 1 saturated carbocycles. The van der Waals surface area contributed by atoms with Crippen molar-refractivity contribution in [1.82, 2.24) is 9.78 Å². The van der Waals surface area contributed by atoms with Gasteiger partial charge in [0.05, 0.1) is 23.3 Å². The molecular formula is C21H22FN3O. The van der Waals surface area contributed by atoms with Gasteiger partial charge < -0.3 is 10.4 Å². The molecule has 134 valence electrons. The van der Waals surface area contributed by atoms with Crippen molar-refractivity contribution in [3.63, 3.8) is 0 Å². The molecule has 1 aromatic heterocycles. The van der Waals surface area contributed by atoms with Crippen LogP contribution in [-0.4, -0.2) is 14.9 Å². The molecule has 5 heteroatoms. The van der Waals surface area contributed by atoms with Crippen LogP contribution < -0.4 is 5.32 Å². The van der Waals surface area contributed by atoms with E-state index in [2.05, 4.69) is 29.5 Å². The molecule has 0 bridgehead atoms. The number of aromatic nitrogens is 2. The van der Waals surface area contributed by atoms with Crippen molar-refractivity contribution in [2.45, 2.75) is 38.2 Å². The van der Waals surface area contributed by atoms with Crippen LogP contribution in [0, 0.1) is 5.82 Å². The number of hydrogen-bond donors (Lipinski definition) is 2. The molecular weight excluding hydrogens is 329 g/mol. The molecule has 0 aliphatic heterocycles. The Morgan fingerprint density at radius 2 is 1.81 bits per heavy atom. The van der Waals surface area contributed by atoms with E-state index in [9.17, 15) is 9.50 Å². The topological polar surface area (TPSA) is 50.1 Å². The Morgan fingerprint density at radius 1 is 1.12 bits per heavy atom. The lowest BCUT2D eigenvalue weighted by atomic mass is 9.77. The molecule has 2 aromatic carbocycles. The summed E-state index contributed by atoms with van der Waals surface area (Å²) in [5, 5.41) is 18.9. The predicted octanol–water partition coefficient (Wildman–Crippen LogP) is 4.69. The Labute approximate surface area is 152 Å². The fraction of sp³-hybridized carbons (Fsp3) is 0.286. The second-order valence-electron chi connectivity index (χ2n) is 6.86. The fourth-order valence-corrected chi connectivity index (χ4v) is 3.39. The molecule has 1 aliphatic carbocycles. The van der Waals surface area contributed by atoms with Gasteiger partial charge in [0.15, 0.2) is 0 Å². The molecule has 0 atom stereocenters. The normalized spacial score (nSPS) is 15.5. The van der Waals surface area contributed by atoms with Gasteiger partial charge in [0.1, 0.15) is 11.4 Å². The largest absolute Gasteiger partial charge is 0.383 e. The molecule has 0 spiro atoms. The quantitative estimate of drug-likeness (QED) is 0.701. The van der Waals surface area contributed by atoms with Crippen LogP contribution >= 0.6 is 0 Å². The van der Waals surface area contributed by atoms with Crippen LogP contribution in [0.2, 0.25) is 0 Å². The lowest BCUT2D eigenvalue weighted by Crippen LogP contribution is -2.36. The highest BCUT2D eigenvalue weighted by atomic mass is 19.1. The summed E-state index contributed by atoms with van der Waals surface area (Å²) in [6.07, 6.45) is 5.10. The number of aryl methyl sites for hydroxylation is 1. The first kappa shape index (κ1) is 16.8. The minimum absolute atomic E-state index is 0.292. The fourth-order valence-electron chi connectivity index (χ4n) is 3.39. The predicted molar refractivity (Wildman–Crippen MR) is 100 cm³/mol. The van der Waals surface area contributed by atoms with Crippen LogP contribution in [0.25, 0.3) is 5.69 Å². The highest BCUT2D eigenvalue weighted by Gasteiger charge is 2.41. The number of aliphatic hydroxyl groups is 1. The maximum absolute atomic E-state index is 13.3. The van der Waals surface area contributed by atoms with Gasteiger partial charge >= 0.3 is 0 Å². The maximum Gasteiger partial charge on any atom is 0.123 e. The monoisotopic (exact) mass is 351 g/mol. The SMILES string of the molecule is CCc1ccc(Nc2cnn(-c3ccc(F)cc3)c2C2(O)CCC2)cc1. The van der Waals surface area contributed by atoms with Crippen molar-refractivity contribution < 1.29 is 9.50 Å². The third-order valence-corrected chi connectivity index (χ3v) is 5.10. The summed E-state index contributed by atoms with van der Waals surface area (Å²) in [5.74, 6) is -0.292. The number of rotatable bonds is 5. The van der Waals surface area contributed by atoms with Gasteiger partial charge in [-0.15, -0.1) is 0 Å². The number of halogens is 1. The summed E-state index contributed by atoms with van der Waals surface area (Å²) in [6, 6.07) is 14.4. The minimum Gasteiger partial charge on any atom is -0.383 e. The van der Waals surface area contributed by atoms with Crippen LogP contribution in [0.1, 0.15) is 37.4 Å². The number of nitrogens with one attached hydrogen (secondary N) is 1. The van der Waals surface area contributed by atoms with E-state index < -0.39 is 5.60 Å². The first-order chi connectivity index (χ1) is 12.6. The van der Waals surface area contributed by atoms with Gasteiger partial charge in [-0.25, -0.2) is 9.07 Å². The Kier molecular flexibility index (Phi) is 4.24. The van der Waals surface area contributed by atoms with E-state index in [1.165, 1.54) is 17.7 Å². The second-order valence-corrected chi connectivity index (χ2v) is 6.86. The van der Waals surface area contributed by atoms with Crippen LogP contribution in [-0.2, 0) is 12.0 Å². The van der Waals surface area contributed by atoms with Crippen molar-refractivity contribution in [3.8, 4) is 5.69 Å². The Hall–Kier alpha value is -2.66. The standard InChI is InChI=1S/C21H22FN3O/c1-2-15-4-8-17(9-5-15)24-19-14-23-25(18-10-6-16(22)7-11-18)20(19)21(26)12-3-13-21/h4-11,14,24,26H,2-3,12-13H2,1H3. The van der Waals surface area contributed by atoms with E-state index in [1.54, 1.807) is 23.0 Å². The zero-order valence-corrected chi connectivity index (χ0v) is 14.7. The molecule has 0 unspecified atom stereocenters. The highest BCUT2D eigenvalue weighted by Crippen LogP contribution is 2.45. The first-order valence-electron chi connectivity index (χ1n) is 9.02. The third-order valence-electron chi connectivity index (χ3n) is 5.10. The smallest absolute Gasteiger partial charge is 0.123 e. The van der Waals surface area contributed by atoms with Gasteiger partial charge in [0.2, 0.25) is 0 Å². The Morgan fingerprint density at radius 3 is 2.38 bits per heavy atom. The van der Waals surface area contributed by atoms with E-state index in [0.29, 0.717) is 12.8 Å². The Bertz CT molecular complexity index is 896. The Balaban J connectivity index is 1.73. The van der Waals surface area contributed by atoms with E-state index in [1.807, 2.05) is 12.1 Å². The summed E-state index contributed by atoms with van der Waals surface area (Å²) < 4.78 is 15.0. The summed E-state index contributed by atoms with van der Waals surface area (Å²) in [5.41, 5.74) is 3.56. The van der Waals surface area contributed by atoms with Crippen LogP contribution in [0.5, 0.6) is 0 Å². The highest BCUT2D eigenvalue weighted by molar-refractivity contribution is 5.64.